The molecule has 1 atom stereocenters. The average molecular weight is 461 g/mol. The van der Waals surface area contributed by atoms with E-state index in [4.69, 9.17) is 9.47 Å². The highest BCUT2D eigenvalue weighted by Crippen LogP contribution is 2.45. The van der Waals surface area contributed by atoms with Gasteiger partial charge < -0.3 is 9.47 Å². The van der Waals surface area contributed by atoms with E-state index in [1.165, 1.54) is 16.8 Å². The zero-order valence-electron chi connectivity index (χ0n) is 18.4. The molecule has 7 heteroatoms. The van der Waals surface area contributed by atoms with Crippen LogP contribution in [0.2, 0.25) is 0 Å². The lowest BCUT2D eigenvalue weighted by atomic mass is 10.1. The summed E-state index contributed by atoms with van der Waals surface area (Å²) in [5.74, 6) is 0.917. The summed E-state index contributed by atoms with van der Waals surface area (Å²) in [6, 6.07) is 24.4. The number of hydrazine groups is 1. The number of carbonyl (C=O) groups is 2. The number of nitrogens with zero attached hydrogens (tertiary/aromatic N) is 1. The summed E-state index contributed by atoms with van der Waals surface area (Å²) in [6.07, 6.45) is 1.99. The maximum absolute atomic E-state index is 13.3. The molecule has 1 N–H and O–H groups in total. The van der Waals surface area contributed by atoms with E-state index in [2.05, 4.69) is 5.43 Å². The normalized spacial score (nSPS) is 16.7. The Morgan fingerprint density at radius 3 is 2.39 bits per heavy atom. The molecule has 0 radical (unpaired) electrons. The number of thioether (sulfide) groups is 1. The molecule has 0 bridgehead atoms. The predicted octanol–water partition coefficient (Wildman–Crippen LogP) is 4.59. The van der Waals surface area contributed by atoms with Crippen LogP contribution >= 0.6 is 11.8 Å². The Balaban J connectivity index is 1.61. The van der Waals surface area contributed by atoms with Crippen molar-refractivity contribution in [2.24, 2.45) is 0 Å². The fraction of sp³-hybridized carbons (Fsp3) is 0.154. The zero-order chi connectivity index (χ0) is 23.2. The third-order valence-corrected chi connectivity index (χ3v) is 6.40. The molecule has 6 nitrogen and oxygen atoms in total. The third-order valence-electron chi connectivity index (χ3n) is 5.15. The lowest BCUT2D eigenvalue weighted by Crippen LogP contribution is -2.44. The first kappa shape index (κ1) is 22.5. The standard InChI is InChI=1S/C26H24N2O4S/c1-31-21-13-11-20(12-14-21)26-28(27-24(29)17-18-7-4-3-5-8-18)25(30)23(33-26)16-19-9-6-10-22(15-19)32-2/h3-16,26H,17H2,1-2H3,(H,27,29)/b23-16+/t26-/m0/s1. The molecule has 33 heavy (non-hydrogen) atoms. The third kappa shape index (κ3) is 5.38. The van der Waals surface area contributed by atoms with E-state index in [-0.39, 0.29) is 18.2 Å². The Morgan fingerprint density at radius 1 is 0.970 bits per heavy atom. The number of benzene rings is 3. The smallest absolute Gasteiger partial charge is 0.280 e. The van der Waals surface area contributed by atoms with Crippen LogP contribution in [0.25, 0.3) is 6.08 Å². The molecule has 1 aliphatic rings. The fourth-order valence-electron chi connectivity index (χ4n) is 3.48. The van der Waals surface area contributed by atoms with Crippen LogP contribution in [0.5, 0.6) is 11.5 Å². The molecule has 1 aliphatic heterocycles. The second kappa shape index (κ2) is 10.3. The minimum atomic E-state index is -0.403. The van der Waals surface area contributed by atoms with Crippen LogP contribution < -0.4 is 14.9 Å². The molecular weight excluding hydrogens is 436 g/mol. The van der Waals surface area contributed by atoms with E-state index in [1.807, 2.05) is 84.9 Å². The Labute approximate surface area is 197 Å². The minimum absolute atomic E-state index is 0.180. The van der Waals surface area contributed by atoms with E-state index in [0.717, 1.165) is 22.4 Å². The van der Waals surface area contributed by atoms with Gasteiger partial charge in [-0.1, -0.05) is 66.4 Å². The summed E-state index contributed by atoms with van der Waals surface area (Å²) in [6.45, 7) is 0. The first-order valence-corrected chi connectivity index (χ1v) is 11.3. The van der Waals surface area contributed by atoms with Crippen LogP contribution in [-0.2, 0) is 16.0 Å². The number of rotatable bonds is 7. The second-order valence-corrected chi connectivity index (χ2v) is 8.52. The minimum Gasteiger partial charge on any atom is -0.497 e. The molecule has 1 fully saturated rings. The van der Waals surface area contributed by atoms with Crippen LogP contribution in [0.4, 0.5) is 0 Å². The molecule has 0 spiro atoms. The van der Waals surface area contributed by atoms with Crippen molar-refractivity contribution in [2.75, 3.05) is 14.2 Å². The molecule has 4 rings (SSSR count). The van der Waals surface area contributed by atoms with Gasteiger partial charge in [0.25, 0.3) is 5.91 Å². The lowest BCUT2D eigenvalue weighted by molar-refractivity contribution is -0.137. The number of ether oxygens (including phenoxy) is 2. The van der Waals surface area contributed by atoms with Crippen molar-refractivity contribution in [3.05, 3.63) is 100 Å². The molecule has 0 aliphatic carbocycles. The summed E-state index contributed by atoms with van der Waals surface area (Å²) in [5.41, 5.74) is 5.42. The summed E-state index contributed by atoms with van der Waals surface area (Å²) in [4.78, 5) is 26.6. The first-order chi connectivity index (χ1) is 16.1. The predicted molar refractivity (Wildman–Crippen MR) is 129 cm³/mol. The number of hydrogen-bond acceptors (Lipinski definition) is 5. The quantitative estimate of drug-likeness (QED) is 0.522. The van der Waals surface area contributed by atoms with E-state index in [9.17, 15) is 9.59 Å². The molecule has 1 saturated heterocycles. The van der Waals surface area contributed by atoms with E-state index in [0.29, 0.717) is 10.7 Å². The zero-order valence-corrected chi connectivity index (χ0v) is 19.2. The number of methoxy groups -OCH3 is 2. The van der Waals surface area contributed by atoms with Gasteiger partial charge in [-0.15, -0.1) is 0 Å². The van der Waals surface area contributed by atoms with Crippen molar-refractivity contribution in [1.29, 1.82) is 0 Å². The van der Waals surface area contributed by atoms with Crippen LogP contribution in [0.3, 0.4) is 0 Å². The van der Waals surface area contributed by atoms with E-state index in [1.54, 1.807) is 14.2 Å². The van der Waals surface area contributed by atoms with Gasteiger partial charge in [-0.25, -0.2) is 5.01 Å². The van der Waals surface area contributed by atoms with E-state index >= 15 is 0 Å². The van der Waals surface area contributed by atoms with Crippen molar-refractivity contribution in [1.82, 2.24) is 10.4 Å². The van der Waals surface area contributed by atoms with Crippen molar-refractivity contribution in [3.63, 3.8) is 0 Å². The van der Waals surface area contributed by atoms with Crippen LogP contribution in [-0.4, -0.2) is 31.0 Å². The highest BCUT2D eigenvalue weighted by molar-refractivity contribution is 8.04. The number of nitrogens with one attached hydrogen (secondary N) is 1. The molecule has 1 heterocycles. The Morgan fingerprint density at radius 2 is 1.70 bits per heavy atom. The van der Waals surface area contributed by atoms with Gasteiger partial charge >= 0.3 is 0 Å². The van der Waals surface area contributed by atoms with Gasteiger partial charge in [0.1, 0.15) is 16.9 Å². The number of carbonyl (C=O) groups excluding carboxylic acids is 2. The molecule has 3 aromatic carbocycles. The molecule has 168 valence electrons. The van der Waals surface area contributed by atoms with Crippen LogP contribution in [0.15, 0.2) is 83.8 Å². The molecule has 0 unspecified atom stereocenters. The summed E-state index contributed by atoms with van der Waals surface area (Å²) < 4.78 is 10.5. The Hall–Kier alpha value is -3.71. The molecule has 2 amide bonds. The molecule has 3 aromatic rings. The maximum Gasteiger partial charge on any atom is 0.280 e. The van der Waals surface area contributed by atoms with Crippen LogP contribution in [0.1, 0.15) is 22.1 Å². The van der Waals surface area contributed by atoms with Crippen molar-refractivity contribution < 1.29 is 19.1 Å². The largest absolute Gasteiger partial charge is 0.497 e. The number of amides is 2. The van der Waals surface area contributed by atoms with Gasteiger partial charge in [0.05, 0.1) is 25.5 Å². The van der Waals surface area contributed by atoms with E-state index < -0.39 is 5.37 Å². The average Bonchev–Trinajstić information content (AvgIpc) is 3.14. The van der Waals surface area contributed by atoms with Gasteiger partial charge in [-0.05, 0) is 47.0 Å². The maximum atomic E-state index is 13.3. The SMILES string of the molecule is COc1ccc([C@@H]2S/C(=C/c3cccc(OC)c3)C(=O)N2NC(=O)Cc2ccccc2)cc1. The first-order valence-electron chi connectivity index (χ1n) is 10.4. The highest BCUT2D eigenvalue weighted by Gasteiger charge is 2.38. The summed E-state index contributed by atoms with van der Waals surface area (Å²) in [7, 11) is 3.21. The monoisotopic (exact) mass is 460 g/mol. The highest BCUT2D eigenvalue weighted by atomic mass is 32.2. The van der Waals surface area contributed by atoms with Gasteiger partial charge in [0.15, 0.2) is 0 Å². The summed E-state index contributed by atoms with van der Waals surface area (Å²) in [5, 5.41) is 1.00. The van der Waals surface area contributed by atoms with Gasteiger partial charge in [-0.2, -0.15) is 0 Å². The Kier molecular flexibility index (Phi) is 7.00. The Bertz CT molecular complexity index is 1160. The molecular formula is C26H24N2O4S. The lowest BCUT2D eigenvalue weighted by Gasteiger charge is -2.24. The molecule has 0 aromatic heterocycles. The van der Waals surface area contributed by atoms with Gasteiger partial charge in [0, 0.05) is 0 Å². The molecule has 0 saturated carbocycles. The van der Waals surface area contributed by atoms with Crippen LogP contribution in [0, 0.1) is 0 Å². The van der Waals surface area contributed by atoms with Crippen molar-refractivity contribution in [2.45, 2.75) is 11.8 Å². The van der Waals surface area contributed by atoms with Crippen molar-refractivity contribution in [3.8, 4) is 11.5 Å². The summed E-state index contributed by atoms with van der Waals surface area (Å²) >= 11 is 1.39. The number of hydrogen-bond donors (Lipinski definition) is 1. The van der Waals surface area contributed by atoms with Crippen molar-refractivity contribution >= 4 is 29.7 Å². The fourth-order valence-corrected chi connectivity index (χ4v) is 4.67. The van der Waals surface area contributed by atoms with Gasteiger partial charge in [0.2, 0.25) is 5.91 Å². The topological polar surface area (TPSA) is 67.9 Å². The second-order valence-electron chi connectivity index (χ2n) is 7.40. The van der Waals surface area contributed by atoms with Gasteiger partial charge in [-0.3, -0.25) is 15.0 Å².